The number of hydrogen-bond acceptors (Lipinski definition) is 6. The number of pyridine rings is 2. The summed E-state index contributed by atoms with van der Waals surface area (Å²) >= 11 is 0. The Morgan fingerprint density at radius 3 is 1.06 bits per heavy atom. The number of nitrogens with zero attached hydrogens (tertiary/aromatic N) is 6. The lowest BCUT2D eigenvalue weighted by molar-refractivity contribution is 1.18. The molecule has 6 nitrogen and oxygen atoms in total. The minimum Gasteiger partial charge on any atom is -0.265 e. The highest BCUT2D eigenvalue weighted by atomic mass is 14.9. The van der Waals surface area contributed by atoms with Gasteiger partial charge in [-0.15, -0.1) is 0 Å². The van der Waals surface area contributed by atoms with Crippen LogP contribution in [0.3, 0.4) is 0 Å². The van der Waals surface area contributed by atoms with Gasteiger partial charge in [-0.25, -0.2) is 19.9 Å². The minimum absolute atomic E-state index is 0.685. The van der Waals surface area contributed by atoms with Gasteiger partial charge in [0.15, 0.2) is 11.6 Å². The normalized spacial score (nSPS) is 11.5. The van der Waals surface area contributed by atoms with Crippen LogP contribution in [-0.2, 0) is 0 Å². The summed E-state index contributed by atoms with van der Waals surface area (Å²) in [5.74, 6) is 1.37. The van der Waals surface area contributed by atoms with E-state index in [1.54, 1.807) is 0 Å². The molecule has 0 N–H and O–H groups in total. The maximum absolute atomic E-state index is 5.28. The topological polar surface area (TPSA) is 77.3 Å². The van der Waals surface area contributed by atoms with Crippen molar-refractivity contribution in [1.29, 1.82) is 0 Å². The molecule has 0 aliphatic heterocycles. The van der Waals surface area contributed by atoms with Crippen LogP contribution in [-0.4, -0.2) is 29.9 Å². The number of fused-ring (bicyclic) bond motifs is 7. The van der Waals surface area contributed by atoms with E-state index in [1.165, 1.54) is 120 Å². The fourth-order valence-corrected chi connectivity index (χ4v) is 17.1. The van der Waals surface area contributed by atoms with Gasteiger partial charge in [0.1, 0.15) is 0 Å². The lowest BCUT2D eigenvalue weighted by atomic mass is 9.86. The molecule has 22 aromatic rings. The molecule has 4 aromatic heterocycles. The van der Waals surface area contributed by atoms with Crippen molar-refractivity contribution in [3.8, 4) is 135 Å². The summed E-state index contributed by atoms with van der Waals surface area (Å²) < 4.78 is 0. The zero-order valence-electron chi connectivity index (χ0n) is 61.9. The summed E-state index contributed by atoms with van der Waals surface area (Å²) in [4.78, 5) is 29.4. The van der Waals surface area contributed by atoms with Gasteiger partial charge >= 0.3 is 0 Å². The van der Waals surface area contributed by atoms with E-state index in [-0.39, 0.29) is 0 Å². The van der Waals surface area contributed by atoms with E-state index in [1.807, 2.05) is 61.2 Å². The standard InChI is InChI=1S/C55H35N3.C53H33N3/c1-2-13-39(14-3-1)53-35-54(40-26-24-36(25-27-40)37-28-30-56-31-29-37)58-55(57-53)42-17-10-16-41(32-42)49-33-51-48-22-9-8-21-47(48)50(34-52(51)46-20-7-6-19-45(46)49)44-23-11-15-38-12-4-5-18-43(38)44;1-2-11-36(12-3-1)49-33-50(46-18-7-6-17-42(46)35-28-30-54-31-29-35)56-53(55-49)40-15-8-14-39(32-40)43-24-20-37-23-27-48-45(25-21-38-22-26-47(43)51(37)52(38)48)44-19-9-13-34-10-4-5-16-41(34)44/h1-35H;1-33H. The Morgan fingerprint density at radius 2 is 0.491 bits per heavy atom. The van der Waals surface area contributed by atoms with Gasteiger partial charge in [-0.3, -0.25) is 9.97 Å². The molecule has 18 aromatic carbocycles. The van der Waals surface area contributed by atoms with Crippen molar-refractivity contribution < 1.29 is 0 Å². The third-order valence-electron chi connectivity index (χ3n) is 22.6. The molecular formula is C108H68N6. The molecule has 530 valence electrons. The highest BCUT2D eigenvalue weighted by Gasteiger charge is 2.22. The molecule has 4 heterocycles. The molecule has 6 heteroatoms. The van der Waals surface area contributed by atoms with Crippen molar-refractivity contribution in [1.82, 2.24) is 29.9 Å². The molecule has 22 rings (SSSR count). The second-order valence-electron chi connectivity index (χ2n) is 29.1. The van der Waals surface area contributed by atoms with Crippen molar-refractivity contribution in [2.75, 3.05) is 0 Å². The first-order valence-corrected chi connectivity index (χ1v) is 38.7. The lowest BCUT2D eigenvalue weighted by Crippen LogP contribution is -1.97. The van der Waals surface area contributed by atoms with Crippen LogP contribution in [0.1, 0.15) is 0 Å². The summed E-state index contributed by atoms with van der Waals surface area (Å²) in [6, 6.07) is 139. The van der Waals surface area contributed by atoms with Crippen LogP contribution >= 0.6 is 0 Å². The Bertz CT molecular complexity index is 7440. The predicted molar refractivity (Wildman–Crippen MR) is 476 cm³/mol. The maximum Gasteiger partial charge on any atom is 0.160 e. The molecule has 0 fully saturated rings. The first-order valence-electron chi connectivity index (χ1n) is 38.7. The third kappa shape index (κ3) is 12.2. The molecule has 0 aliphatic rings. The summed E-state index contributed by atoms with van der Waals surface area (Å²) in [7, 11) is 0. The van der Waals surface area contributed by atoms with Gasteiger partial charge in [0.25, 0.3) is 0 Å². The van der Waals surface area contributed by atoms with E-state index in [2.05, 4.69) is 362 Å². The Labute approximate surface area is 659 Å². The van der Waals surface area contributed by atoms with Crippen LogP contribution in [0.25, 0.3) is 221 Å². The van der Waals surface area contributed by atoms with Gasteiger partial charge in [0, 0.05) is 58.2 Å². The van der Waals surface area contributed by atoms with Crippen molar-refractivity contribution >= 4 is 86.2 Å². The Balaban J connectivity index is 0.000000143. The summed E-state index contributed by atoms with van der Waals surface area (Å²) in [5.41, 5.74) is 23.7. The Kier molecular flexibility index (Phi) is 16.8. The molecule has 114 heavy (non-hydrogen) atoms. The molecule has 0 bridgehead atoms. The minimum atomic E-state index is 0.685. The molecule has 0 saturated carbocycles. The van der Waals surface area contributed by atoms with Gasteiger partial charge in [-0.1, -0.05) is 328 Å². The highest BCUT2D eigenvalue weighted by Crippen LogP contribution is 2.47. The van der Waals surface area contributed by atoms with Crippen molar-refractivity contribution in [2.24, 2.45) is 0 Å². The van der Waals surface area contributed by atoms with Crippen LogP contribution in [0.4, 0.5) is 0 Å². The lowest BCUT2D eigenvalue weighted by Gasteiger charge is -2.17. The maximum atomic E-state index is 5.28. The summed E-state index contributed by atoms with van der Waals surface area (Å²) in [5, 5.41) is 20.0. The van der Waals surface area contributed by atoms with Crippen molar-refractivity contribution in [3.05, 3.63) is 413 Å². The summed E-state index contributed by atoms with van der Waals surface area (Å²) in [6.45, 7) is 0. The number of rotatable bonds is 12. The average molecular weight is 1450 g/mol. The highest BCUT2D eigenvalue weighted by molar-refractivity contribution is 6.29. The van der Waals surface area contributed by atoms with E-state index in [9.17, 15) is 0 Å². The second kappa shape index (κ2) is 28.6. The van der Waals surface area contributed by atoms with Crippen LogP contribution < -0.4 is 0 Å². The van der Waals surface area contributed by atoms with E-state index >= 15 is 0 Å². The van der Waals surface area contributed by atoms with Gasteiger partial charge in [0.05, 0.1) is 22.8 Å². The van der Waals surface area contributed by atoms with E-state index < -0.39 is 0 Å². The first-order chi connectivity index (χ1) is 56.5. The van der Waals surface area contributed by atoms with Crippen molar-refractivity contribution in [2.45, 2.75) is 0 Å². The van der Waals surface area contributed by atoms with Gasteiger partial charge < -0.3 is 0 Å². The van der Waals surface area contributed by atoms with Gasteiger partial charge in [-0.2, -0.15) is 0 Å². The number of benzene rings is 18. The van der Waals surface area contributed by atoms with E-state index in [4.69, 9.17) is 19.9 Å². The van der Waals surface area contributed by atoms with Crippen LogP contribution in [0, 0.1) is 0 Å². The molecule has 0 saturated heterocycles. The average Bonchev–Trinajstić information content (AvgIpc) is 0.724. The predicted octanol–water partition coefficient (Wildman–Crippen LogP) is 28.4. The molecule has 0 radical (unpaired) electrons. The van der Waals surface area contributed by atoms with E-state index in [0.29, 0.717) is 11.6 Å². The number of aromatic nitrogens is 6. The smallest absolute Gasteiger partial charge is 0.160 e. The Hall–Kier alpha value is -15.2. The van der Waals surface area contributed by atoms with Crippen LogP contribution in [0.15, 0.2) is 413 Å². The number of hydrogen-bond donors (Lipinski definition) is 0. The SMILES string of the molecule is c1ccc(-c2cc(-c3ccc(-c4ccncc4)cc3)nc(-c3cccc(-c4cc5c6ccccc6c(-c6cccc7ccccc67)cc5c5ccccc45)c3)n2)cc1.c1ccc(-c2cc(-c3ccccc3-c3ccncc3)nc(-c3cccc(-c4ccc5ccc6c(-c7cccc8ccccc78)ccc7ccc4c5c76)c3)n2)cc1. The zero-order valence-corrected chi connectivity index (χ0v) is 61.9. The zero-order chi connectivity index (χ0) is 75.4. The van der Waals surface area contributed by atoms with Gasteiger partial charge in [-0.05, 0) is 214 Å². The fourth-order valence-electron chi connectivity index (χ4n) is 17.1. The van der Waals surface area contributed by atoms with Crippen LogP contribution in [0.2, 0.25) is 0 Å². The monoisotopic (exact) mass is 1450 g/mol. The van der Waals surface area contributed by atoms with E-state index in [0.717, 1.165) is 89.5 Å². The Morgan fingerprint density at radius 1 is 0.140 bits per heavy atom. The van der Waals surface area contributed by atoms with Crippen LogP contribution in [0.5, 0.6) is 0 Å². The molecule has 0 atom stereocenters. The molecule has 0 amide bonds. The molecule has 0 spiro atoms. The molecule has 0 aliphatic carbocycles. The second-order valence-corrected chi connectivity index (χ2v) is 29.1. The summed E-state index contributed by atoms with van der Waals surface area (Å²) in [6.07, 6.45) is 7.32. The van der Waals surface area contributed by atoms with Crippen molar-refractivity contribution in [3.63, 3.8) is 0 Å². The quantitative estimate of drug-likeness (QED) is 0.113. The largest absolute Gasteiger partial charge is 0.265 e. The first kappa shape index (κ1) is 66.9. The van der Waals surface area contributed by atoms with Gasteiger partial charge in [0.2, 0.25) is 0 Å². The fraction of sp³-hybridized carbons (Fsp3) is 0. The molecular weight excluding hydrogens is 1380 g/mol. The third-order valence-corrected chi connectivity index (χ3v) is 22.6. The molecule has 0 unspecified atom stereocenters.